The van der Waals surface area contributed by atoms with Gasteiger partial charge in [-0.2, -0.15) is 18.3 Å². The monoisotopic (exact) mass is 357 g/mol. The van der Waals surface area contributed by atoms with Crippen molar-refractivity contribution in [3.8, 4) is 11.4 Å². The molecule has 1 aromatic heterocycles. The Labute approximate surface area is 142 Å². The number of benzene rings is 1. The summed E-state index contributed by atoms with van der Waals surface area (Å²) in [4.78, 5) is 15.5. The molecule has 0 radical (unpaired) electrons. The zero-order valence-electron chi connectivity index (χ0n) is 13.5. The molecular formula is C15H18F3N5O2. The van der Waals surface area contributed by atoms with E-state index in [9.17, 15) is 13.2 Å². The Morgan fingerprint density at radius 2 is 1.76 bits per heavy atom. The number of nitrogens with one attached hydrogen (secondary N) is 1. The zero-order chi connectivity index (χ0) is 18.4. The van der Waals surface area contributed by atoms with Crippen LogP contribution in [0.2, 0.25) is 0 Å². The lowest BCUT2D eigenvalue weighted by atomic mass is 10.2. The second kappa shape index (κ2) is 7.97. The van der Waals surface area contributed by atoms with Crippen LogP contribution in [0.4, 0.5) is 18.9 Å². The molecule has 0 amide bonds. The SMILES string of the molecule is Cn1cnc(-c2ccc(N3CCNCC3)cc2)n1.O=C(O)C(F)(F)F. The fourth-order valence-electron chi connectivity index (χ4n) is 2.22. The predicted molar refractivity (Wildman–Crippen MR) is 85.2 cm³/mol. The first-order chi connectivity index (χ1) is 11.8. The summed E-state index contributed by atoms with van der Waals surface area (Å²) in [6, 6.07) is 8.48. The summed E-state index contributed by atoms with van der Waals surface area (Å²) in [7, 11) is 1.88. The van der Waals surface area contributed by atoms with Crippen molar-refractivity contribution < 1.29 is 23.1 Å². The molecule has 10 heteroatoms. The quantitative estimate of drug-likeness (QED) is 0.848. The minimum absolute atomic E-state index is 0.782. The highest BCUT2D eigenvalue weighted by Gasteiger charge is 2.38. The van der Waals surface area contributed by atoms with Gasteiger partial charge in [0.1, 0.15) is 6.33 Å². The molecular weight excluding hydrogens is 339 g/mol. The van der Waals surface area contributed by atoms with Gasteiger partial charge in [-0.3, -0.25) is 4.68 Å². The fraction of sp³-hybridized carbons (Fsp3) is 0.400. The number of piperazine rings is 1. The van der Waals surface area contributed by atoms with E-state index in [1.54, 1.807) is 11.0 Å². The third-order valence-electron chi connectivity index (χ3n) is 3.45. The minimum atomic E-state index is -5.08. The van der Waals surface area contributed by atoms with Crippen molar-refractivity contribution in [3.05, 3.63) is 30.6 Å². The number of hydrogen-bond acceptors (Lipinski definition) is 5. The number of aliphatic carboxylic acids is 1. The normalized spacial score (nSPS) is 14.6. The Morgan fingerprint density at radius 3 is 2.20 bits per heavy atom. The maximum atomic E-state index is 10.6. The Morgan fingerprint density at radius 1 is 1.20 bits per heavy atom. The van der Waals surface area contributed by atoms with Gasteiger partial charge in [0.2, 0.25) is 0 Å². The van der Waals surface area contributed by atoms with Crippen LogP contribution in [-0.4, -0.2) is 58.2 Å². The number of alkyl halides is 3. The van der Waals surface area contributed by atoms with Crippen LogP contribution in [0, 0.1) is 0 Å². The molecule has 0 atom stereocenters. The highest BCUT2D eigenvalue weighted by Crippen LogP contribution is 2.20. The van der Waals surface area contributed by atoms with E-state index in [2.05, 4.69) is 44.6 Å². The fourth-order valence-corrected chi connectivity index (χ4v) is 2.22. The van der Waals surface area contributed by atoms with Crippen LogP contribution in [0.5, 0.6) is 0 Å². The first-order valence-corrected chi connectivity index (χ1v) is 7.49. The molecule has 25 heavy (non-hydrogen) atoms. The van der Waals surface area contributed by atoms with Crippen LogP contribution in [0.15, 0.2) is 30.6 Å². The average Bonchev–Trinajstić information content (AvgIpc) is 3.02. The molecule has 3 rings (SSSR count). The lowest BCUT2D eigenvalue weighted by Gasteiger charge is -2.29. The molecule has 0 aliphatic carbocycles. The van der Waals surface area contributed by atoms with Crippen LogP contribution in [0.25, 0.3) is 11.4 Å². The number of anilines is 1. The van der Waals surface area contributed by atoms with Gasteiger partial charge in [-0.1, -0.05) is 0 Å². The van der Waals surface area contributed by atoms with E-state index < -0.39 is 12.1 Å². The van der Waals surface area contributed by atoms with E-state index in [4.69, 9.17) is 9.90 Å². The second-order valence-corrected chi connectivity index (χ2v) is 5.33. The van der Waals surface area contributed by atoms with Crippen molar-refractivity contribution in [2.45, 2.75) is 6.18 Å². The van der Waals surface area contributed by atoms with E-state index in [0.29, 0.717) is 0 Å². The molecule has 2 heterocycles. The molecule has 0 unspecified atom stereocenters. The van der Waals surface area contributed by atoms with Crippen molar-refractivity contribution in [3.63, 3.8) is 0 Å². The van der Waals surface area contributed by atoms with E-state index in [0.717, 1.165) is 37.6 Å². The van der Waals surface area contributed by atoms with Gasteiger partial charge in [-0.15, -0.1) is 0 Å². The van der Waals surface area contributed by atoms with Gasteiger partial charge in [-0.05, 0) is 24.3 Å². The molecule has 1 aromatic carbocycles. The maximum Gasteiger partial charge on any atom is 0.490 e. The lowest BCUT2D eigenvalue weighted by Crippen LogP contribution is -2.43. The number of halogens is 3. The molecule has 1 aliphatic rings. The van der Waals surface area contributed by atoms with Gasteiger partial charge in [0.05, 0.1) is 0 Å². The summed E-state index contributed by atoms with van der Waals surface area (Å²) in [5.41, 5.74) is 2.34. The first-order valence-electron chi connectivity index (χ1n) is 7.49. The smallest absolute Gasteiger partial charge is 0.475 e. The van der Waals surface area contributed by atoms with Crippen LogP contribution in [0.3, 0.4) is 0 Å². The molecule has 2 aromatic rings. The Hall–Kier alpha value is -2.62. The standard InChI is InChI=1S/C13H17N5.C2HF3O2/c1-17-10-15-13(16-17)11-2-4-12(5-3-11)18-8-6-14-7-9-18;3-2(4,5)1(6)7/h2-5,10,14H,6-9H2,1H3;(H,6,7). The number of carbonyl (C=O) groups is 1. The number of aryl methyl sites for hydroxylation is 1. The summed E-state index contributed by atoms with van der Waals surface area (Å²) in [5.74, 6) is -1.98. The molecule has 0 spiro atoms. The summed E-state index contributed by atoms with van der Waals surface area (Å²) in [5, 5.41) is 14.8. The van der Waals surface area contributed by atoms with Crippen molar-refractivity contribution in [1.29, 1.82) is 0 Å². The van der Waals surface area contributed by atoms with Crippen LogP contribution < -0.4 is 10.2 Å². The van der Waals surface area contributed by atoms with E-state index in [-0.39, 0.29) is 0 Å². The summed E-state index contributed by atoms with van der Waals surface area (Å²) in [6.07, 6.45) is -3.36. The second-order valence-electron chi connectivity index (χ2n) is 5.33. The molecule has 1 aliphatic heterocycles. The van der Waals surface area contributed by atoms with Gasteiger partial charge in [0, 0.05) is 44.5 Å². The highest BCUT2D eigenvalue weighted by atomic mass is 19.4. The molecule has 0 saturated carbocycles. The minimum Gasteiger partial charge on any atom is -0.475 e. The molecule has 7 nitrogen and oxygen atoms in total. The molecule has 136 valence electrons. The highest BCUT2D eigenvalue weighted by molar-refractivity contribution is 5.73. The predicted octanol–water partition coefficient (Wildman–Crippen LogP) is 1.52. The van der Waals surface area contributed by atoms with Gasteiger partial charge >= 0.3 is 12.1 Å². The number of carboxylic acid groups (broad SMARTS) is 1. The molecule has 1 saturated heterocycles. The van der Waals surface area contributed by atoms with Crippen molar-refractivity contribution in [1.82, 2.24) is 20.1 Å². The Kier molecular flexibility index (Phi) is 5.97. The summed E-state index contributed by atoms with van der Waals surface area (Å²) >= 11 is 0. The van der Waals surface area contributed by atoms with Crippen LogP contribution in [-0.2, 0) is 11.8 Å². The Balaban J connectivity index is 0.000000277. The largest absolute Gasteiger partial charge is 0.490 e. The molecule has 1 fully saturated rings. The number of nitrogens with zero attached hydrogens (tertiary/aromatic N) is 4. The summed E-state index contributed by atoms with van der Waals surface area (Å²) < 4.78 is 33.5. The number of aromatic nitrogens is 3. The van der Waals surface area contributed by atoms with Crippen molar-refractivity contribution in [2.24, 2.45) is 7.05 Å². The van der Waals surface area contributed by atoms with E-state index >= 15 is 0 Å². The maximum absolute atomic E-state index is 10.6. The molecule has 2 N–H and O–H groups in total. The molecule has 0 bridgehead atoms. The van der Waals surface area contributed by atoms with Gasteiger partial charge < -0.3 is 15.3 Å². The summed E-state index contributed by atoms with van der Waals surface area (Å²) in [6.45, 7) is 4.26. The van der Waals surface area contributed by atoms with Gasteiger partial charge in [0.25, 0.3) is 0 Å². The van der Waals surface area contributed by atoms with E-state index in [1.807, 2.05) is 7.05 Å². The van der Waals surface area contributed by atoms with Crippen molar-refractivity contribution >= 4 is 11.7 Å². The van der Waals surface area contributed by atoms with Crippen molar-refractivity contribution in [2.75, 3.05) is 31.1 Å². The van der Waals surface area contributed by atoms with Gasteiger partial charge in [0.15, 0.2) is 5.82 Å². The topological polar surface area (TPSA) is 83.3 Å². The Bertz CT molecular complexity index is 694. The third-order valence-corrected chi connectivity index (χ3v) is 3.45. The number of rotatable bonds is 2. The van der Waals surface area contributed by atoms with Crippen LogP contribution in [0.1, 0.15) is 0 Å². The third kappa shape index (κ3) is 5.45. The lowest BCUT2D eigenvalue weighted by molar-refractivity contribution is -0.192. The number of hydrogen-bond donors (Lipinski definition) is 2. The average molecular weight is 357 g/mol. The van der Waals surface area contributed by atoms with Crippen LogP contribution >= 0.6 is 0 Å². The van der Waals surface area contributed by atoms with E-state index in [1.165, 1.54) is 5.69 Å². The first kappa shape index (κ1) is 18.7. The zero-order valence-corrected chi connectivity index (χ0v) is 13.5. The van der Waals surface area contributed by atoms with Gasteiger partial charge in [-0.25, -0.2) is 9.78 Å². The number of carboxylic acids is 1.